The lowest BCUT2D eigenvalue weighted by Gasteiger charge is -2.12. The van der Waals surface area contributed by atoms with E-state index in [4.69, 9.17) is 26.8 Å². The Morgan fingerprint density at radius 1 is 1.17 bits per heavy atom. The summed E-state index contributed by atoms with van der Waals surface area (Å²) in [6.07, 6.45) is 0. The second-order valence-corrected chi connectivity index (χ2v) is 5.47. The number of primary amides is 1. The minimum absolute atomic E-state index is 0.274. The van der Waals surface area contributed by atoms with Crippen LogP contribution in [0.25, 0.3) is 0 Å². The number of nitrogens with one attached hydrogen (secondary N) is 1. The second kappa shape index (κ2) is 7.70. The lowest BCUT2D eigenvalue weighted by molar-refractivity contribution is -0.119. The molecule has 7 heteroatoms. The maximum Gasteiger partial charge on any atom is 0.255 e. The van der Waals surface area contributed by atoms with Gasteiger partial charge in [-0.3, -0.25) is 9.59 Å². The van der Waals surface area contributed by atoms with Gasteiger partial charge in [0.25, 0.3) is 11.8 Å². The molecule has 0 saturated heterocycles. The largest absolute Gasteiger partial charge is 0.493 e. The highest BCUT2D eigenvalue weighted by Gasteiger charge is 2.13. The molecule has 3 N–H and O–H groups in total. The molecule has 2 aromatic carbocycles. The molecule has 126 valence electrons. The minimum atomic E-state index is -0.602. The van der Waals surface area contributed by atoms with E-state index in [0.29, 0.717) is 27.8 Å². The van der Waals surface area contributed by atoms with Gasteiger partial charge in [-0.05, 0) is 42.8 Å². The van der Waals surface area contributed by atoms with Gasteiger partial charge in [0.05, 0.1) is 7.11 Å². The molecule has 2 amide bonds. The predicted octanol–water partition coefficient (Wildman–Crippen LogP) is 2.77. The number of carbonyl (C=O) groups excluding carboxylic acids is 2. The van der Waals surface area contributed by atoms with Crippen LogP contribution in [-0.2, 0) is 4.79 Å². The Bertz CT molecular complexity index is 777. The number of methoxy groups -OCH3 is 1. The number of rotatable bonds is 6. The first kappa shape index (κ1) is 17.6. The van der Waals surface area contributed by atoms with Crippen LogP contribution in [0.15, 0.2) is 36.4 Å². The molecule has 0 unspecified atom stereocenters. The maximum atomic E-state index is 12.4. The van der Waals surface area contributed by atoms with E-state index in [1.54, 1.807) is 24.3 Å². The van der Waals surface area contributed by atoms with Crippen LogP contribution in [0, 0.1) is 6.92 Å². The average Bonchev–Trinajstić information content (AvgIpc) is 2.56. The normalized spacial score (nSPS) is 10.1. The topological polar surface area (TPSA) is 90.7 Å². The van der Waals surface area contributed by atoms with E-state index in [1.165, 1.54) is 13.2 Å². The van der Waals surface area contributed by atoms with Crippen LogP contribution in [0.4, 0.5) is 5.69 Å². The molecule has 0 aliphatic carbocycles. The van der Waals surface area contributed by atoms with Crippen LogP contribution in [0.3, 0.4) is 0 Å². The number of halogens is 1. The van der Waals surface area contributed by atoms with Gasteiger partial charge in [0.1, 0.15) is 0 Å². The predicted molar refractivity (Wildman–Crippen MR) is 91.8 cm³/mol. The fraction of sp³-hybridized carbons (Fsp3) is 0.176. The van der Waals surface area contributed by atoms with E-state index in [1.807, 2.05) is 13.0 Å². The summed E-state index contributed by atoms with van der Waals surface area (Å²) in [6.45, 7) is 1.59. The van der Waals surface area contributed by atoms with Crippen LogP contribution in [0.5, 0.6) is 11.5 Å². The molecule has 0 fully saturated rings. The Hall–Kier alpha value is -2.73. The first-order valence-corrected chi connectivity index (χ1v) is 7.45. The van der Waals surface area contributed by atoms with Gasteiger partial charge in [-0.15, -0.1) is 0 Å². The van der Waals surface area contributed by atoms with E-state index >= 15 is 0 Å². The van der Waals surface area contributed by atoms with Gasteiger partial charge in [-0.25, -0.2) is 0 Å². The van der Waals surface area contributed by atoms with Gasteiger partial charge in [0, 0.05) is 16.3 Å². The number of carbonyl (C=O) groups is 2. The van der Waals surface area contributed by atoms with Crippen LogP contribution in [-0.4, -0.2) is 25.5 Å². The lowest BCUT2D eigenvalue weighted by atomic mass is 10.1. The third-order valence-electron chi connectivity index (χ3n) is 3.24. The fourth-order valence-corrected chi connectivity index (χ4v) is 2.17. The first-order chi connectivity index (χ1) is 11.4. The Balaban J connectivity index is 2.20. The number of benzene rings is 2. The van der Waals surface area contributed by atoms with Crippen molar-refractivity contribution < 1.29 is 19.1 Å². The van der Waals surface area contributed by atoms with Gasteiger partial charge >= 0.3 is 0 Å². The van der Waals surface area contributed by atoms with E-state index in [9.17, 15) is 9.59 Å². The highest BCUT2D eigenvalue weighted by molar-refractivity contribution is 6.31. The standard InChI is InChI=1S/C17H17ClN2O4/c1-10-3-5-12(18)8-13(10)20-17(22)11-4-6-14(15(7-11)23-2)24-9-16(19)21/h3-8H,9H2,1-2H3,(H2,19,21)(H,20,22). The summed E-state index contributed by atoms with van der Waals surface area (Å²) in [5.41, 5.74) is 6.93. The quantitative estimate of drug-likeness (QED) is 0.839. The zero-order chi connectivity index (χ0) is 17.7. The van der Waals surface area contributed by atoms with E-state index < -0.39 is 5.91 Å². The van der Waals surface area contributed by atoms with Crippen LogP contribution in [0.1, 0.15) is 15.9 Å². The molecule has 0 aliphatic heterocycles. The number of hydrogen-bond donors (Lipinski definition) is 2. The molecule has 6 nitrogen and oxygen atoms in total. The van der Waals surface area contributed by atoms with Gasteiger partial charge in [-0.1, -0.05) is 17.7 Å². The molecule has 2 rings (SSSR count). The summed E-state index contributed by atoms with van der Waals surface area (Å²) in [6, 6.07) is 9.87. The van der Waals surface area contributed by atoms with Gasteiger partial charge in [0.15, 0.2) is 18.1 Å². The zero-order valence-electron chi connectivity index (χ0n) is 13.3. The first-order valence-electron chi connectivity index (χ1n) is 7.07. The summed E-state index contributed by atoms with van der Waals surface area (Å²) < 4.78 is 10.4. The van der Waals surface area contributed by atoms with Gasteiger partial charge < -0.3 is 20.5 Å². The molecule has 0 spiro atoms. The Labute approximate surface area is 144 Å². The summed E-state index contributed by atoms with van der Waals surface area (Å²) >= 11 is 5.95. The Morgan fingerprint density at radius 3 is 2.58 bits per heavy atom. The lowest BCUT2D eigenvalue weighted by Crippen LogP contribution is -2.20. The molecular formula is C17H17ClN2O4. The summed E-state index contributed by atoms with van der Waals surface area (Å²) in [7, 11) is 1.44. The molecule has 0 heterocycles. The number of amides is 2. The molecular weight excluding hydrogens is 332 g/mol. The number of anilines is 1. The van der Waals surface area contributed by atoms with E-state index in [-0.39, 0.29) is 12.5 Å². The van der Waals surface area contributed by atoms with Crippen molar-refractivity contribution in [1.29, 1.82) is 0 Å². The SMILES string of the molecule is COc1cc(C(=O)Nc2cc(Cl)ccc2C)ccc1OCC(N)=O. The van der Waals surface area contributed by atoms with Gasteiger partial charge in [0.2, 0.25) is 0 Å². The monoisotopic (exact) mass is 348 g/mol. The molecule has 0 aromatic heterocycles. The minimum Gasteiger partial charge on any atom is -0.493 e. The summed E-state index contributed by atoms with van der Waals surface area (Å²) in [4.78, 5) is 23.2. The average molecular weight is 349 g/mol. The Morgan fingerprint density at radius 2 is 1.92 bits per heavy atom. The molecule has 0 atom stereocenters. The van der Waals surface area contributed by atoms with E-state index in [2.05, 4.69) is 5.32 Å². The van der Waals surface area contributed by atoms with Crippen molar-refractivity contribution in [2.75, 3.05) is 19.0 Å². The van der Waals surface area contributed by atoms with Crippen molar-refractivity contribution in [3.8, 4) is 11.5 Å². The summed E-state index contributed by atoms with van der Waals surface area (Å²) in [5.74, 6) is -0.270. The van der Waals surface area contributed by atoms with Crippen molar-refractivity contribution in [2.24, 2.45) is 5.73 Å². The van der Waals surface area contributed by atoms with Gasteiger partial charge in [-0.2, -0.15) is 0 Å². The third-order valence-corrected chi connectivity index (χ3v) is 3.48. The molecule has 0 saturated carbocycles. The highest BCUT2D eigenvalue weighted by atomic mass is 35.5. The molecule has 24 heavy (non-hydrogen) atoms. The number of aryl methyl sites for hydroxylation is 1. The zero-order valence-corrected chi connectivity index (χ0v) is 14.0. The number of nitrogens with two attached hydrogens (primary N) is 1. The second-order valence-electron chi connectivity index (χ2n) is 5.03. The van der Waals surface area contributed by atoms with E-state index in [0.717, 1.165) is 5.56 Å². The molecule has 0 bridgehead atoms. The maximum absolute atomic E-state index is 12.4. The van der Waals surface area contributed by atoms with Crippen LogP contribution < -0.4 is 20.5 Å². The summed E-state index contributed by atoms with van der Waals surface area (Å²) in [5, 5.41) is 3.33. The molecule has 0 radical (unpaired) electrons. The van der Waals surface area contributed by atoms with Crippen molar-refractivity contribution >= 4 is 29.1 Å². The Kier molecular flexibility index (Phi) is 5.65. The van der Waals surface area contributed by atoms with Crippen LogP contribution in [0.2, 0.25) is 5.02 Å². The third kappa shape index (κ3) is 4.39. The van der Waals surface area contributed by atoms with Crippen molar-refractivity contribution in [1.82, 2.24) is 0 Å². The van der Waals surface area contributed by atoms with Crippen molar-refractivity contribution in [3.63, 3.8) is 0 Å². The van der Waals surface area contributed by atoms with Crippen LogP contribution >= 0.6 is 11.6 Å². The fourth-order valence-electron chi connectivity index (χ4n) is 2.00. The highest BCUT2D eigenvalue weighted by Crippen LogP contribution is 2.29. The van der Waals surface area contributed by atoms with Crippen molar-refractivity contribution in [3.05, 3.63) is 52.5 Å². The smallest absolute Gasteiger partial charge is 0.255 e. The molecule has 0 aliphatic rings. The molecule has 2 aromatic rings. The van der Waals surface area contributed by atoms with Crippen molar-refractivity contribution in [2.45, 2.75) is 6.92 Å². The number of hydrogen-bond acceptors (Lipinski definition) is 4. The number of ether oxygens (including phenoxy) is 2.